The minimum Gasteiger partial charge on any atom is -0.378 e. The monoisotopic (exact) mass is 295 g/mol. The summed E-state index contributed by atoms with van der Waals surface area (Å²) in [5.41, 5.74) is 5.21. The van der Waals surface area contributed by atoms with E-state index in [1.807, 2.05) is 0 Å². The maximum atomic E-state index is 8.59. The quantitative estimate of drug-likeness (QED) is 0.562. The van der Waals surface area contributed by atoms with Crippen LogP contribution in [-0.4, -0.2) is 13.5 Å². The van der Waals surface area contributed by atoms with Crippen LogP contribution in [-0.2, 0) is 0 Å². The standard InChI is InChI=1S/C2H4Br3NO/c3-1(7)2(4,5)6/h1,7H,6H2. The Morgan fingerprint density at radius 1 is 1.57 bits per heavy atom. The Balaban J connectivity index is 3.54. The molecular weight excluding hydrogens is 294 g/mol. The van der Waals surface area contributed by atoms with Crippen LogP contribution in [0.15, 0.2) is 0 Å². The summed E-state index contributed by atoms with van der Waals surface area (Å²) in [6.45, 7) is 0. The lowest BCUT2D eigenvalue weighted by Gasteiger charge is -2.14. The van der Waals surface area contributed by atoms with E-state index in [0.29, 0.717) is 0 Å². The molecule has 0 radical (unpaired) electrons. The summed E-state index contributed by atoms with van der Waals surface area (Å²) in [6.07, 6.45) is 0. The van der Waals surface area contributed by atoms with Crippen molar-refractivity contribution in [2.45, 2.75) is 8.37 Å². The summed E-state index contributed by atoms with van der Waals surface area (Å²) < 4.78 is -0.903. The van der Waals surface area contributed by atoms with Gasteiger partial charge in [0, 0.05) is 0 Å². The molecule has 0 saturated carbocycles. The zero-order valence-electron chi connectivity index (χ0n) is 3.24. The van der Waals surface area contributed by atoms with Crippen LogP contribution < -0.4 is 5.73 Å². The van der Waals surface area contributed by atoms with E-state index in [-0.39, 0.29) is 0 Å². The second-order valence-corrected chi connectivity index (χ2v) is 5.57. The molecule has 0 heterocycles. The SMILES string of the molecule is NC(Br)(Br)C(O)Br. The van der Waals surface area contributed by atoms with Gasteiger partial charge in [0.05, 0.1) is 0 Å². The fourth-order valence-corrected chi connectivity index (χ4v) is 0. The smallest absolute Gasteiger partial charge is 0.163 e. The molecule has 1 unspecified atom stereocenters. The highest BCUT2D eigenvalue weighted by molar-refractivity contribution is 9.26. The molecule has 0 aliphatic carbocycles. The molecule has 0 bridgehead atoms. The van der Waals surface area contributed by atoms with E-state index in [2.05, 4.69) is 47.8 Å². The van der Waals surface area contributed by atoms with Gasteiger partial charge in [-0.1, -0.05) is 47.8 Å². The van der Waals surface area contributed by atoms with Crippen molar-refractivity contribution in [2.75, 3.05) is 0 Å². The van der Waals surface area contributed by atoms with Gasteiger partial charge in [-0.15, -0.1) is 0 Å². The molecule has 0 aliphatic heterocycles. The molecular formula is C2H4Br3NO. The topological polar surface area (TPSA) is 46.2 Å². The number of aliphatic hydroxyl groups excluding tert-OH is 1. The molecule has 0 fully saturated rings. The first-order valence-corrected chi connectivity index (χ1v) is 3.93. The summed E-state index contributed by atoms with van der Waals surface area (Å²) in [7, 11) is 0. The maximum Gasteiger partial charge on any atom is 0.163 e. The average Bonchev–Trinajstić information content (AvgIpc) is 1.31. The Bertz CT molecular complexity index is 58.4. The van der Waals surface area contributed by atoms with Gasteiger partial charge in [0.1, 0.15) is 5.01 Å². The Morgan fingerprint density at radius 2 is 1.71 bits per heavy atom. The lowest BCUT2D eigenvalue weighted by atomic mass is 10.7. The number of rotatable bonds is 1. The summed E-state index contributed by atoms with van der Waals surface area (Å²) in [5, 5.41) is 7.81. The lowest BCUT2D eigenvalue weighted by molar-refractivity contribution is 0.262. The fourth-order valence-electron chi connectivity index (χ4n) is 0. The largest absolute Gasteiger partial charge is 0.378 e. The third kappa shape index (κ3) is 3.90. The normalized spacial score (nSPS) is 16.7. The molecule has 44 valence electrons. The van der Waals surface area contributed by atoms with Gasteiger partial charge in [0.25, 0.3) is 0 Å². The number of alkyl halides is 3. The number of halogens is 3. The van der Waals surface area contributed by atoms with Crippen molar-refractivity contribution < 1.29 is 5.11 Å². The first-order chi connectivity index (χ1) is 2.94. The second kappa shape index (κ2) is 2.77. The highest BCUT2D eigenvalue weighted by atomic mass is 79.9. The third-order valence-electron chi connectivity index (χ3n) is 0.318. The van der Waals surface area contributed by atoms with E-state index >= 15 is 0 Å². The molecule has 0 saturated heterocycles. The molecule has 0 aliphatic rings. The first kappa shape index (κ1) is 8.36. The van der Waals surface area contributed by atoms with Crippen molar-refractivity contribution in [2.24, 2.45) is 5.73 Å². The first-order valence-electron chi connectivity index (χ1n) is 1.43. The van der Waals surface area contributed by atoms with E-state index in [0.717, 1.165) is 0 Å². The highest BCUT2D eigenvalue weighted by Crippen LogP contribution is 2.26. The fraction of sp³-hybridized carbons (Fsp3) is 1.00. The number of hydrogen-bond donors (Lipinski definition) is 2. The van der Waals surface area contributed by atoms with Crippen LogP contribution in [0.2, 0.25) is 0 Å². The van der Waals surface area contributed by atoms with Gasteiger partial charge in [-0.2, -0.15) is 0 Å². The number of hydrogen-bond acceptors (Lipinski definition) is 2. The van der Waals surface area contributed by atoms with Gasteiger partial charge < -0.3 is 10.8 Å². The third-order valence-corrected chi connectivity index (χ3v) is 3.14. The average molecular weight is 298 g/mol. The van der Waals surface area contributed by atoms with E-state index < -0.39 is 8.37 Å². The van der Waals surface area contributed by atoms with Crippen LogP contribution in [0.5, 0.6) is 0 Å². The van der Waals surface area contributed by atoms with Gasteiger partial charge in [-0.05, 0) is 0 Å². The Labute approximate surface area is 66.8 Å². The zero-order valence-corrected chi connectivity index (χ0v) is 7.99. The summed E-state index contributed by atoms with van der Waals surface area (Å²) in [5.74, 6) is 0. The van der Waals surface area contributed by atoms with Gasteiger partial charge in [-0.3, -0.25) is 0 Å². The van der Waals surface area contributed by atoms with E-state index in [4.69, 9.17) is 10.8 Å². The Kier molecular flexibility index (Phi) is 3.31. The van der Waals surface area contributed by atoms with Crippen LogP contribution in [0.4, 0.5) is 0 Å². The molecule has 3 N–H and O–H groups in total. The summed E-state index contributed by atoms with van der Waals surface area (Å²) >= 11 is 8.71. The van der Waals surface area contributed by atoms with Crippen LogP contribution in [0.1, 0.15) is 0 Å². The van der Waals surface area contributed by atoms with Crippen LogP contribution >= 0.6 is 47.8 Å². The molecule has 5 heteroatoms. The second-order valence-electron chi connectivity index (χ2n) is 1.01. The predicted octanol–water partition coefficient (Wildman–Crippen LogP) is 1.10. The van der Waals surface area contributed by atoms with Crippen molar-refractivity contribution in [3.63, 3.8) is 0 Å². The van der Waals surface area contributed by atoms with Crippen LogP contribution in [0.3, 0.4) is 0 Å². The molecule has 0 spiro atoms. The Hall–Kier alpha value is 1.36. The van der Waals surface area contributed by atoms with Crippen LogP contribution in [0, 0.1) is 0 Å². The lowest BCUT2D eigenvalue weighted by Crippen LogP contribution is -2.34. The molecule has 0 aromatic carbocycles. The summed E-state index contributed by atoms with van der Waals surface area (Å²) in [6, 6.07) is 0. The van der Waals surface area contributed by atoms with Crippen molar-refractivity contribution in [1.82, 2.24) is 0 Å². The van der Waals surface area contributed by atoms with Gasteiger partial charge in [-0.25, -0.2) is 0 Å². The van der Waals surface area contributed by atoms with Gasteiger partial charge in [0.2, 0.25) is 0 Å². The Morgan fingerprint density at radius 3 is 1.71 bits per heavy atom. The minimum absolute atomic E-state index is 0.778. The number of aliphatic hydroxyl groups is 1. The van der Waals surface area contributed by atoms with Crippen molar-refractivity contribution in [1.29, 1.82) is 0 Å². The molecule has 7 heavy (non-hydrogen) atoms. The van der Waals surface area contributed by atoms with Gasteiger partial charge in [0.15, 0.2) is 3.36 Å². The van der Waals surface area contributed by atoms with Crippen molar-refractivity contribution in [3.05, 3.63) is 0 Å². The zero-order chi connectivity index (χ0) is 6.08. The predicted molar refractivity (Wildman–Crippen MR) is 39.7 cm³/mol. The molecule has 0 rings (SSSR count). The number of nitrogens with two attached hydrogens (primary N) is 1. The van der Waals surface area contributed by atoms with E-state index in [1.54, 1.807) is 0 Å². The molecule has 0 amide bonds. The molecule has 0 aromatic heterocycles. The van der Waals surface area contributed by atoms with E-state index in [9.17, 15) is 0 Å². The molecule has 2 nitrogen and oxygen atoms in total. The maximum absolute atomic E-state index is 8.59. The summed E-state index contributed by atoms with van der Waals surface area (Å²) in [4.78, 5) is 0. The minimum atomic E-state index is -0.903. The van der Waals surface area contributed by atoms with Gasteiger partial charge >= 0.3 is 0 Å². The highest BCUT2D eigenvalue weighted by Gasteiger charge is 2.23. The molecule has 0 aromatic rings. The molecule has 1 atom stereocenters. The van der Waals surface area contributed by atoms with Crippen molar-refractivity contribution in [3.8, 4) is 0 Å². The van der Waals surface area contributed by atoms with Crippen LogP contribution in [0.25, 0.3) is 0 Å². The van der Waals surface area contributed by atoms with Crippen molar-refractivity contribution >= 4 is 47.8 Å². The van der Waals surface area contributed by atoms with E-state index in [1.165, 1.54) is 0 Å².